The topological polar surface area (TPSA) is 92.5 Å². The van der Waals surface area contributed by atoms with Gasteiger partial charge in [-0.25, -0.2) is 0 Å². The number of halogens is 1. The van der Waals surface area contributed by atoms with Crippen LogP contribution in [0, 0.1) is 19.1 Å². The van der Waals surface area contributed by atoms with E-state index in [1.54, 1.807) is 12.1 Å². The zero-order valence-electron chi connectivity index (χ0n) is 10.1. The van der Waals surface area contributed by atoms with E-state index in [-0.39, 0.29) is 12.2 Å². The summed E-state index contributed by atoms with van der Waals surface area (Å²) >= 11 is 2.00. The molecule has 2 rings (SSSR count). The Labute approximate surface area is 123 Å². The van der Waals surface area contributed by atoms with Gasteiger partial charge in [0.1, 0.15) is 5.69 Å². The summed E-state index contributed by atoms with van der Waals surface area (Å²) in [5.41, 5.74) is -0.415. The smallest absolute Gasteiger partial charge is 0.311 e. The van der Waals surface area contributed by atoms with E-state index < -0.39 is 16.3 Å². The quantitative estimate of drug-likeness (QED) is 0.468. The maximum absolute atomic E-state index is 11.2. The average Bonchev–Trinajstić information content (AvgIpc) is 2.28. The predicted octanol–water partition coefficient (Wildman–Crippen LogP) is 2.87. The molecule has 0 radical (unpaired) electrons. The highest BCUT2D eigenvalue weighted by Crippen LogP contribution is 2.41. The Bertz CT molecular complexity index is 528. The number of nitro benzene ring substituents is 1. The van der Waals surface area contributed by atoms with Crippen LogP contribution in [0.15, 0.2) is 18.2 Å². The molecule has 0 spiro atoms. The van der Waals surface area contributed by atoms with Gasteiger partial charge in [0.2, 0.25) is 0 Å². The van der Waals surface area contributed by atoms with E-state index in [0.29, 0.717) is 18.5 Å². The van der Waals surface area contributed by atoms with E-state index in [1.807, 2.05) is 22.6 Å². The lowest BCUT2D eigenvalue weighted by atomic mass is 9.69. The fourth-order valence-electron chi connectivity index (χ4n) is 2.14. The normalized spacial score (nSPS) is 16.5. The van der Waals surface area contributed by atoms with Crippen LogP contribution in [0.2, 0.25) is 0 Å². The third-order valence-electron chi connectivity index (χ3n) is 3.54. The molecule has 0 heterocycles. The third kappa shape index (κ3) is 2.80. The Kier molecular flexibility index (Phi) is 3.93. The molecule has 7 heteroatoms. The summed E-state index contributed by atoms with van der Waals surface area (Å²) < 4.78 is 0.770. The van der Waals surface area contributed by atoms with Crippen LogP contribution in [0.25, 0.3) is 0 Å². The van der Waals surface area contributed by atoms with E-state index in [2.05, 4.69) is 5.32 Å². The van der Waals surface area contributed by atoms with Crippen LogP contribution >= 0.6 is 22.6 Å². The molecule has 2 N–H and O–H groups in total. The van der Waals surface area contributed by atoms with Gasteiger partial charge in [-0.3, -0.25) is 14.9 Å². The van der Waals surface area contributed by atoms with Crippen molar-refractivity contribution >= 4 is 39.9 Å². The number of nitro groups is 1. The molecule has 0 saturated heterocycles. The van der Waals surface area contributed by atoms with E-state index in [1.165, 1.54) is 6.07 Å². The molecule has 0 unspecified atom stereocenters. The molecule has 0 aromatic heterocycles. The Balaban J connectivity index is 2.15. The van der Waals surface area contributed by atoms with Gasteiger partial charge < -0.3 is 10.4 Å². The average molecular weight is 376 g/mol. The monoisotopic (exact) mass is 376 g/mol. The molecule has 1 saturated carbocycles. The van der Waals surface area contributed by atoms with Gasteiger partial charge in [-0.2, -0.15) is 0 Å². The highest BCUT2D eigenvalue weighted by molar-refractivity contribution is 14.1. The van der Waals surface area contributed by atoms with Crippen LogP contribution in [0.5, 0.6) is 0 Å². The van der Waals surface area contributed by atoms with Crippen molar-refractivity contribution in [3.8, 4) is 0 Å². The molecule has 1 aromatic rings. The maximum Gasteiger partial charge on any atom is 0.311 e. The fraction of sp³-hybridized carbons (Fsp3) is 0.417. The first-order chi connectivity index (χ1) is 8.94. The molecular weight excluding hydrogens is 363 g/mol. The number of carboxylic acid groups (broad SMARTS) is 1. The second-order valence-corrected chi connectivity index (χ2v) is 5.96. The molecule has 0 amide bonds. The maximum atomic E-state index is 11.2. The zero-order chi connectivity index (χ0) is 14.0. The van der Waals surface area contributed by atoms with Crippen molar-refractivity contribution in [2.24, 2.45) is 5.41 Å². The summed E-state index contributed by atoms with van der Waals surface area (Å²) in [6, 6.07) is 4.84. The molecule has 0 aliphatic heterocycles. The van der Waals surface area contributed by atoms with Gasteiger partial charge in [-0.1, -0.05) is 6.42 Å². The molecule has 1 aliphatic carbocycles. The Morgan fingerprint density at radius 3 is 2.68 bits per heavy atom. The Morgan fingerprint density at radius 1 is 1.53 bits per heavy atom. The van der Waals surface area contributed by atoms with Crippen molar-refractivity contribution < 1.29 is 14.8 Å². The number of nitrogens with one attached hydrogen (secondary N) is 1. The standard InChI is InChI=1S/C12H13IN2O4/c13-8-2-3-9(10(6-8)15(18)19)14-7-12(11(16)17)4-1-5-12/h2-3,6,14H,1,4-5,7H2,(H,16,17). The van der Waals surface area contributed by atoms with Gasteiger partial charge in [0, 0.05) is 16.2 Å². The summed E-state index contributed by atoms with van der Waals surface area (Å²) in [5.74, 6) is -0.834. The van der Waals surface area contributed by atoms with Gasteiger partial charge in [0.05, 0.1) is 10.3 Å². The Morgan fingerprint density at radius 2 is 2.21 bits per heavy atom. The lowest BCUT2D eigenvalue weighted by molar-refractivity contribution is -0.384. The fourth-order valence-corrected chi connectivity index (χ4v) is 2.61. The summed E-state index contributed by atoms with van der Waals surface area (Å²) in [4.78, 5) is 21.7. The molecule has 102 valence electrons. The lowest BCUT2D eigenvalue weighted by Crippen LogP contribution is -2.43. The van der Waals surface area contributed by atoms with Gasteiger partial charge in [0.15, 0.2) is 0 Å². The number of carboxylic acids is 1. The predicted molar refractivity (Wildman–Crippen MR) is 78.2 cm³/mol. The number of nitrogens with zero attached hydrogens (tertiary/aromatic N) is 1. The first-order valence-electron chi connectivity index (χ1n) is 5.86. The molecular formula is C12H13IN2O4. The van der Waals surface area contributed by atoms with Gasteiger partial charge in [-0.05, 0) is 47.6 Å². The molecule has 1 aliphatic rings. The zero-order valence-corrected chi connectivity index (χ0v) is 12.2. The van der Waals surface area contributed by atoms with E-state index >= 15 is 0 Å². The number of carbonyl (C=O) groups is 1. The molecule has 0 bridgehead atoms. The number of anilines is 1. The van der Waals surface area contributed by atoms with Gasteiger partial charge >= 0.3 is 5.97 Å². The second kappa shape index (κ2) is 5.32. The second-order valence-electron chi connectivity index (χ2n) is 4.71. The third-order valence-corrected chi connectivity index (χ3v) is 4.21. The first kappa shape index (κ1) is 14.0. The van der Waals surface area contributed by atoms with Crippen molar-refractivity contribution in [2.75, 3.05) is 11.9 Å². The Hall–Kier alpha value is -1.38. The van der Waals surface area contributed by atoms with Crippen LogP contribution in [-0.4, -0.2) is 22.5 Å². The van der Waals surface area contributed by atoms with Crippen molar-refractivity contribution in [3.63, 3.8) is 0 Å². The minimum Gasteiger partial charge on any atom is -0.481 e. The largest absolute Gasteiger partial charge is 0.481 e. The number of aliphatic carboxylic acids is 1. The van der Waals surface area contributed by atoms with Crippen LogP contribution in [0.3, 0.4) is 0 Å². The number of hydrogen-bond acceptors (Lipinski definition) is 4. The molecule has 6 nitrogen and oxygen atoms in total. The summed E-state index contributed by atoms with van der Waals surface area (Å²) in [7, 11) is 0. The molecule has 0 atom stereocenters. The van der Waals surface area contributed by atoms with Crippen LogP contribution in [-0.2, 0) is 4.79 Å². The first-order valence-corrected chi connectivity index (χ1v) is 6.94. The van der Waals surface area contributed by atoms with Crippen LogP contribution in [0.1, 0.15) is 19.3 Å². The van der Waals surface area contributed by atoms with Gasteiger partial charge in [0.25, 0.3) is 5.69 Å². The number of benzene rings is 1. The molecule has 19 heavy (non-hydrogen) atoms. The van der Waals surface area contributed by atoms with E-state index in [9.17, 15) is 20.0 Å². The van der Waals surface area contributed by atoms with Crippen molar-refractivity contribution in [2.45, 2.75) is 19.3 Å². The van der Waals surface area contributed by atoms with Crippen LogP contribution in [0.4, 0.5) is 11.4 Å². The minimum atomic E-state index is -0.834. The minimum absolute atomic E-state index is 0.0215. The molecule has 1 fully saturated rings. The highest BCUT2D eigenvalue weighted by Gasteiger charge is 2.44. The number of rotatable bonds is 5. The van der Waals surface area contributed by atoms with Crippen molar-refractivity contribution in [1.29, 1.82) is 0 Å². The van der Waals surface area contributed by atoms with Crippen molar-refractivity contribution in [1.82, 2.24) is 0 Å². The lowest BCUT2D eigenvalue weighted by Gasteiger charge is -2.37. The van der Waals surface area contributed by atoms with E-state index in [0.717, 1.165) is 9.99 Å². The van der Waals surface area contributed by atoms with Crippen molar-refractivity contribution in [3.05, 3.63) is 31.9 Å². The molecule has 1 aromatic carbocycles. The summed E-state index contributed by atoms with van der Waals surface area (Å²) in [6.45, 7) is 0.226. The van der Waals surface area contributed by atoms with Crippen LogP contribution < -0.4 is 5.32 Å². The summed E-state index contributed by atoms with van der Waals surface area (Å²) in [6.07, 6.45) is 2.13. The number of hydrogen-bond donors (Lipinski definition) is 2. The SMILES string of the molecule is O=C(O)C1(CNc2ccc(I)cc2[N+](=O)[O-])CCC1. The summed E-state index contributed by atoms with van der Waals surface area (Å²) in [5, 5.41) is 23.1. The van der Waals surface area contributed by atoms with E-state index in [4.69, 9.17) is 0 Å². The van der Waals surface area contributed by atoms with Gasteiger partial charge in [-0.15, -0.1) is 0 Å². The highest BCUT2D eigenvalue weighted by atomic mass is 127.